The van der Waals surface area contributed by atoms with Crippen molar-refractivity contribution >= 4 is 11.9 Å². The topological polar surface area (TPSA) is 107 Å². The molecule has 208 valence electrons. The van der Waals surface area contributed by atoms with E-state index in [1.165, 1.54) is 18.9 Å². The standard InChI is InChI=1S/C24H31FN4O2.C2HF3O2/c1-4-29-11-5-8-24(29)9-12-28(13-10-24)23(31)19-14-18(6-7-20(19)25)15-21-16(2)17(3)22(30)27-26-21;3-2(4,5)1(6)7/h6-7,14H,4-5,8-13,15H2,1-3H3,(H,27,30);(H,6,7). The number of amides is 1. The summed E-state index contributed by atoms with van der Waals surface area (Å²) in [5, 5.41) is 13.8. The lowest BCUT2D eigenvalue weighted by Crippen LogP contribution is -2.53. The van der Waals surface area contributed by atoms with E-state index >= 15 is 0 Å². The molecule has 2 saturated heterocycles. The highest BCUT2D eigenvalue weighted by Crippen LogP contribution is 2.38. The summed E-state index contributed by atoms with van der Waals surface area (Å²) < 4.78 is 46.3. The smallest absolute Gasteiger partial charge is 0.475 e. The van der Waals surface area contributed by atoms with Gasteiger partial charge in [0.05, 0.1) is 11.3 Å². The average molecular weight is 541 g/mol. The van der Waals surface area contributed by atoms with Gasteiger partial charge in [0.15, 0.2) is 0 Å². The highest BCUT2D eigenvalue weighted by atomic mass is 19.4. The van der Waals surface area contributed by atoms with Crippen molar-refractivity contribution < 1.29 is 32.3 Å². The van der Waals surface area contributed by atoms with Crippen LogP contribution in [-0.4, -0.2) is 74.9 Å². The average Bonchev–Trinajstić information content (AvgIpc) is 3.27. The molecule has 8 nitrogen and oxygen atoms in total. The first-order chi connectivity index (χ1) is 17.8. The first kappa shape index (κ1) is 29.3. The highest BCUT2D eigenvalue weighted by Gasteiger charge is 2.43. The number of alkyl halides is 3. The van der Waals surface area contributed by atoms with Crippen LogP contribution in [0.1, 0.15) is 65.3 Å². The number of carbonyl (C=O) groups is 2. The number of rotatable bonds is 4. The fourth-order valence-electron chi connectivity index (χ4n) is 5.23. The van der Waals surface area contributed by atoms with E-state index in [2.05, 4.69) is 22.0 Å². The van der Waals surface area contributed by atoms with Gasteiger partial charge in [-0.25, -0.2) is 14.3 Å². The monoisotopic (exact) mass is 540 g/mol. The highest BCUT2D eigenvalue weighted by molar-refractivity contribution is 5.94. The number of benzene rings is 1. The van der Waals surface area contributed by atoms with Gasteiger partial charge in [-0.05, 0) is 75.9 Å². The Labute approximate surface area is 217 Å². The number of carbonyl (C=O) groups excluding carboxylic acids is 1. The Hall–Kier alpha value is -3.28. The molecular formula is C26H32F4N4O4. The molecular weight excluding hydrogens is 508 g/mol. The minimum absolute atomic E-state index is 0.117. The number of aromatic nitrogens is 2. The number of carboxylic acid groups (broad SMARTS) is 1. The third kappa shape index (κ3) is 6.40. The van der Waals surface area contributed by atoms with E-state index < -0.39 is 18.0 Å². The molecule has 2 N–H and O–H groups in total. The van der Waals surface area contributed by atoms with Gasteiger partial charge in [0.1, 0.15) is 5.82 Å². The van der Waals surface area contributed by atoms with E-state index in [1.54, 1.807) is 24.0 Å². The molecule has 2 aromatic rings. The number of nitrogens with zero attached hydrogens (tertiary/aromatic N) is 3. The Morgan fingerprint density at radius 2 is 1.74 bits per heavy atom. The van der Waals surface area contributed by atoms with Gasteiger partial charge in [-0.15, -0.1) is 0 Å². The zero-order valence-corrected chi connectivity index (χ0v) is 21.6. The molecule has 12 heteroatoms. The molecule has 1 amide bonds. The fraction of sp³-hybridized carbons (Fsp3) is 0.538. The van der Waals surface area contributed by atoms with Gasteiger partial charge >= 0.3 is 12.1 Å². The minimum Gasteiger partial charge on any atom is -0.475 e. The number of aliphatic carboxylic acids is 1. The number of hydrogen-bond acceptors (Lipinski definition) is 5. The molecule has 2 fully saturated rings. The third-order valence-corrected chi connectivity index (χ3v) is 7.61. The van der Waals surface area contributed by atoms with Crippen molar-refractivity contribution in [3.63, 3.8) is 0 Å². The molecule has 4 rings (SSSR count). The van der Waals surface area contributed by atoms with Crippen LogP contribution in [0, 0.1) is 19.7 Å². The number of hydrogen-bond donors (Lipinski definition) is 2. The van der Waals surface area contributed by atoms with Gasteiger partial charge < -0.3 is 10.0 Å². The molecule has 0 atom stereocenters. The lowest BCUT2D eigenvalue weighted by atomic mass is 9.84. The van der Waals surface area contributed by atoms with E-state index in [9.17, 15) is 27.2 Å². The summed E-state index contributed by atoms with van der Waals surface area (Å²) in [6.45, 7) is 9.32. The summed E-state index contributed by atoms with van der Waals surface area (Å²) in [5.41, 5.74) is 3.10. The molecule has 1 aromatic carbocycles. The number of halogens is 4. The molecule has 0 unspecified atom stereocenters. The van der Waals surface area contributed by atoms with Crippen molar-refractivity contribution in [3.8, 4) is 0 Å². The molecule has 1 aromatic heterocycles. The fourth-order valence-corrected chi connectivity index (χ4v) is 5.23. The largest absolute Gasteiger partial charge is 0.490 e. The Kier molecular flexibility index (Phi) is 8.96. The first-order valence-electron chi connectivity index (χ1n) is 12.5. The zero-order valence-electron chi connectivity index (χ0n) is 21.6. The summed E-state index contributed by atoms with van der Waals surface area (Å²) in [4.78, 5) is 38.1. The van der Waals surface area contributed by atoms with Gasteiger partial charge in [0, 0.05) is 30.6 Å². The maximum absolute atomic E-state index is 14.6. The number of carboxylic acids is 1. The molecule has 2 aliphatic heterocycles. The molecule has 0 aliphatic carbocycles. The van der Waals surface area contributed by atoms with Crippen LogP contribution in [-0.2, 0) is 11.2 Å². The van der Waals surface area contributed by atoms with Crippen molar-refractivity contribution in [2.45, 2.75) is 64.6 Å². The van der Waals surface area contributed by atoms with Crippen LogP contribution >= 0.6 is 0 Å². The number of H-pyrrole nitrogens is 1. The number of likely N-dealkylation sites (tertiary alicyclic amines) is 2. The van der Waals surface area contributed by atoms with Crippen LogP contribution in [0.4, 0.5) is 17.6 Å². The van der Waals surface area contributed by atoms with Crippen molar-refractivity contribution in [2.24, 2.45) is 0 Å². The number of aromatic amines is 1. The SMILES string of the molecule is CCN1CCCC12CCN(C(=O)c1cc(Cc3n[nH]c(=O)c(C)c3C)ccc1F)CC2.O=C(O)C(F)(F)F. The van der Waals surface area contributed by atoms with E-state index in [0.717, 1.165) is 42.8 Å². The van der Waals surface area contributed by atoms with E-state index in [0.29, 0.717) is 25.1 Å². The second-order valence-electron chi connectivity index (χ2n) is 9.74. The maximum Gasteiger partial charge on any atom is 0.490 e. The van der Waals surface area contributed by atoms with Crippen LogP contribution in [0.25, 0.3) is 0 Å². The summed E-state index contributed by atoms with van der Waals surface area (Å²) in [6, 6.07) is 4.67. The normalized spacial score (nSPS) is 17.3. The van der Waals surface area contributed by atoms with Gasteiger partial charge in [0.2, 0.25) is 0 Å². The third-order valence-electron chi connectivity index (χ3n) is 7.61. The summed E-state index contributed by atoms with van der Waals surface area (Å²) in [7, 11) is 0. The van der Waals surface area contributed by atoms with Gasteiger partial charge in [0.25, 0.3) is 11.5 Å². The van der Waals surface area contributed by atoms with Gasteiger partial charge in [-0.2, -0.15) is 18.3 Å². The predicted octanol–water partition coefficient (Wildman–Crippen LogP) is 3.84. The predicted molar refractivity (Wildman–Crippen MR) is 132 cm³/mol. The number of nitrogens with one attached hydrogen (secondary N) is 1. The molecule has 0 radical (unpaired) electrons. The molecule has 1 spiro atoms. The lowest BCUT2D eigenvalue weighted by Gasteiger charge is -2.45. The molecule has 2 aliphatic rings. The Bertz CT molecular complexity index is 1240. The van der Waals surface area contributed by atoms with Crippen molar-refractivity contribution in [2.75, 3.05) is 26.2 Å². The second-order valence-corrected chi connectivity index (χ2v) is 9.74. The van der Waals surface area contributed by atoms with Crippen LogP contribution in [0.2, 0.25) is 0 Å². The van der Waals surface area contributed by atoms with Crippen LogP contribution < -0.4 is 5.56 Å². The summed E-state index contributed by atoms with van der Waals surface area (Å²) in [6.07, 6.45) is -0.340. The summed E-state index contributed by atoms with van der Waals surface area (Å²) >= 11 is 0. The minimum atomic E-state index is -5.08. The summed E-state index contributed by atoms with van der Waals surface area (Å²) in [5.74, 6) is -3.49. The molecule has 38 heavy (non-hydrogen) atoms. The lowest BCUT2D eigenvalue weighted by molar-refractivity contribution is -0.192. The first-order valence-corrected chi connectivity index (χ1v) is 12.5. The van der Waals surface area contributed by atoms with Gasteiger partial charge in [-0.3, -0.25) is 14.5 Å². The van der Waals surface area contributed by atoms with Gasteiger partial charge in [-0.1, -0.05) is 13.0 Å². The van der Waals surface area contributed by atoms with Crippen molar-refractivity contribution in [3.05, 3.63) is 62.3 Å². The van der Waals surface area contributed by atoms with E-state index in [-0.39, 0.29) is 22.6 Å². The van der Waals surface area contributed by atoms with E-state index in [1.807, 2.05) is 6.92 Å². The van der Waals surface area contributed by atoms with Crippen molar-refractivity contribution in [1.82, 2.24) is 20.0 Å². The second kappa shape index (κ2) is 11.6. The zero-order chi connectivity index (χ0) is 28.3. The quantitative estimate of drug-likeness (QED) is 0.571. The Morgan fingerprint density at radius 1 is 1.11 bits per heavy atom. The van der Waals surface area contributed by atoms with E-state index in [4.69, 9.17) is 9.90 Å². The van der Waals surface area contributed by atoms with Crippen LogP contribution in [0.5, 0.6) is 0 Å². The van der Waals surface area contributed by atoms with Crippen molar-refractivity contribution in [1.29, 1.82) is 0 Å². The van der Waals surface area contributed by atoms with Crippen LogP contribution in [0.3, 0.4) is 0 Å². The molecule has 0 bridgehead atoms. The number of piperidine rings is 1. The molecule has 0 saturated carbocycles. The molecule has 3 heterocycles. The Morgan fingerprint density at radius 3 is 2.32 bits per heavy atom. The maximum atomic E-state index is 14.6. The van der Waals surface area contributed by atoms with Crippen LogP contribution in [0.15, 0.2) is 23.0 Å². The Balaban J connectivity index is 0.000000505.